The first kappa shape index (κ1) is 13.1. The minimum atomic E-state index is 0.0552. The van der Waals surface area contributed by atoms with E-state index in [1.807, 2.05) is 13.8 Å². The summed E-state index contributed by atoms with van der Waals surface area (Å²) < 4.78 is 0. The summed E-state index contributed by atoms with van der Waals surface area (Å²) in [5, 5.41) is 6.02. The van der Waals surface area contributed by atoms with Gasteiger partial charge in [0.1, 0.15) is 0 Å². The van der Waals surface area contributed by atoms with Crippen LogP contribution >= 0.6 is 0 Å². The number of amides is 1. The molecule has 1 aromatic rings. The third-order valence-electron chi connectivity index (χ3n) is 3.09. The Balaban J connectivity index is 1.71. The van der Waals surface area contributed by atoms with Crippen molar-refractivity contribution in [2.45, 2.75) is 45.2 Å². The lowest BCUT2D eigenvalue weighted by Crippen LogP contribution is -2.37. The minimum Gasteiger partial charge on any atom is -0.353 e. The van der Waals surface area contributed by atoms with Gasteiger partial charge in [0.05, 0.1) is 6.54 Å². The van der Waals surface area contributed by atoms with E-state index in [2.05, 4.69) is 34.9 Å². The molecule has 1 aliphatic rings. The van der Waals surface area contributed by atoms with Crippen molar-refractivity contribution in [2.75, 3.05) is 6.54 Å². The summed E-state index contributed by atoms with van der Waals surface area (Å²) in [6, 6.07) is 8.94. The van der Waals surface area contributed by atoms with Crippen molar-refractivity contribution in [3.63, 3.8) is 0 Å². The van der Waals surface area contributed by atoms with Crippen molar-refractivity contribution in [2.24, 2.45) is 0 Å². The Morgan fingerprint density at radius 2 is 1.94 bits per heavy atom. The first-order valence-corrected chi connectivity index (χ1v) is 6.74. The normalized spacial score (nSPS) is 14.8. The van der Waals surface area contributed by atoms with Crippen molar-refractivity contribution in [1.29, 1.82) is 0 Å². The van der Waals surface area contributed by atoms with Crippen LogP contribution in [0.3, 0.4) is 0 Å². The number of rotatable bonds is 6. The molecule has 0 aliphatic heterocycles. The molecule has 0 atom stereocenters. The van der Waals surface area contributed by atoms with E-state index in [4.69, 9.17) is 0 Å². The van der Waals surface area contributed by atoms with Crippen LogP contribution in [0.25, 0.3) is 0 Å². The van der Waals surface area contributed by atoms with Crippen LogP contribution in [-0.4, -0.2) is 18.5 Å². The Kier molecular flexibility index (Phi) is 4.37. The number of hydrogen-bond donors (Lipinski definition) is 2. The van der Waals surface area contributed by atoms with E-state index in [0.717, 1.165) is 12.5 Å². The molecule has 0 unspecified atom stereocenters. The fourth-order valence-electron chi connectivity index (χ4n) is 2.02. The Morgan fingerprint density at radius 1 is 1.28 bits per heavy atom. The Labute approximate surface area is 109 Å². The van der Waals surface area contributed by atoms with E-state index in [1.165, 1.54) is 24.0 Å². The van der Waals surface area contributed by atoms with Gasteiger partial charge < -0.3 is 10.6 Å². The monoisotopic (exact) mass is 246 g/mol. The quantitative estimate of drug-likeness (QED) is 0.807. The highest BCUT2D eigenvalue weighted by molar-refractivity contribution is 5.78. The molecule has 2 rings (SSSR count). The lowest BCUT2D eigenvalue weighted by Gasteiger charge is -2.09. The van der Waals surface area contributed by atoms with Gasteiger partial charge in [-0.25, -0.2) is 0 Å². The fraction of sp³-hybridized carbons (Fsp3) is 0.533. The summed E-state index contributed by atoms with van der Waals surface area (Å²) in [6.07, 6.45) is 2.68. The molecule has 0 aromatic heterocycles. The molecule has 3 nitrogen and oxygen atoms in total. The van der Waals surface area contributed by atoms with Gasteiger partial charge in [-0.3, -0.25) is 4.79 Å². The van der Waals surface area contributed by atoms with Gasteiger partial charge in [-0.1, -0.05) is 24.3 Å². The zero-order valence-electron chi connectivity index (χ0n) is 11.2. The summed E-state index contributed by atoms with van der Waals surface area (Å²) in [5.74, 6) is 0.864. The Hall–Kier alpha value is -1.35. The van der Waals surface area contributed by atoms with Crippen LogP contribution in [0.15, 0.2) is 24.3 Å². The first-order valence-electron chi connectivity index (χ1n) is 6.74. The Bertz CT molecular complexity index is 393. The predicted octanol–water partition coefficient (Wildman–Crippen LogP) is 2.18. The first-order chi connectivity index (χ1) is 8.65. The second-order valence-electron chi connectivity index (χ2n) is 5.34. The molecule has 0 spiro atoms. The van der Waals surface area contributed by atoms with Gasteiger partial charge in [0.2, 0.25) is 5.91 Å². The van der Waals surface area contributed by atoms with Gasteiger partial charge in [0, 0.05) is 12.6 Å². The van der Waals surface area contributed by atoms with Gasteiger partial charge in [-0.15, -0.1) is 0 Å². The molecule has 1 fully saturated rings. The third kappa shape index (κ3) is 4.15. The molecule has 1 amide bonds. The molecule has 0 bridgehead atoms. The molecular formula is C15H22N2O. The van der Waals surface area contributed by atoms with Crippen molar-refractivity contribution in [3.05, 3.63) is 35.4 Å². The molecule has 98 valence electrons. The number of hydrogen-bond acceptors (Lipinski definition) is 2. The molecule has 0 radical (unpaired) electrons. The van der Waals surface area contributed by atoms with Crippen LogP contribution in [0, 0.1) is 0 Å². The Morgan fingerprint density at radius 3 is 2.50 bits per heavy atom. The number of carbonyl (C=O) groups excluding carboxylic acids is 1. The number of nitrogens with one attached hydrogen (secondary N) is 2. The largest absolute Gasteiger partial charge is 0.353 e. The van der Waals surface area contributed by atoms with Gasteiger partial charge >= 0.3 is 0 Å². The molecule has 1 aliphatic carbocycles. The van der Waals surface area contributed by atoms with Gasteiger partial charge in [0.25, 0.3) is 0 Å². The van der Waals surface area contributed by atoms with E-state index < -0.39 is 0 Å². The molecule has 2 N–H and O–H groups in total. The average molecular weight is 246 g/mol. The van der Waals surface area contributed by atoms with Crippen molar-refractivity contribution >= 4 is 5.91 Å². The summed E-state index contributed by atoms with van der Waals surface area (Å²) in [4.78, 5) is 11.4. The van der Waals surface area contributed by atoms with Crippen molar-refractivity contribution in [1.82, 2.24) is 10.6 Å². The van der Waals surface area contributed by atoms with Crippen LogP contribution in [0.1, 0.15) is 43.7 Å². The summed E-state index contributed by atoms with van der Waals surface area (Å²) in [5.41, 5.74) is 2.69. The van der Waals surface area contributed by atoms with E-state index >= 15 is 0 Å². The average Bonchev–Trinajstić information content (AvgIpc) is 3.13. The lowest BCUT2D eigenvalue weighted by molar-refractivity contribution is -0.120. The van der Waals surface area contributed by atoms with Gasteiger partial charge in [-0.2, -0.15) is 0 Å². The highest BCUT2D eigenvalue weighted by atomic mass is 16.1. The number of carbonyl (C=O) groups is 1. The van der Waals surface area contributed by atoms with Crippen LogP contribution < -0.4 is 10.6 Å². The molecule has 3 heteroatoms. The molecular weight excluding hydrogens is 224 g/mol. The van der Waals surface area contributed by atoms with Crippen LogP contribution in [-0.2, 0) is 11.3 Å². The lowest BCUT2D eigenvalue weighted by atomic mass is 10.1. The maximum Gasteiger partial charge on any atom is 0.234 e. The molecule has 1 saturated carbocycles. The highest BCUT2D eigenvalue weighted by Crippen LogP contribution is 2.39. The molecule has 1 aromatic carbocycles. The third-order valence-corrected chi connectivity index (χ3v) is 3.09. The fourth-order valence-corrected chi connectivity index (χ4v) is 2.02. The minimum absolute atomic E-state index is 0.0552. The smallest absolute Gasteiger partial charge is 0.234 e. The summed E-state index contributed by atoms with van der Waals surface area (Å²) in [6.45, 7) is 5.06. The van der Waals surface area contributed by atoms with E-state index in [-0.39, 0.29) is 11.9 Å². The zero-order valence-corrected chi connectivity index (χ0v) is 11.2. The van der Waals surface area contributed by atoms with E-state index in [0.29, 0.717) is 6.54 Å². The van der Waals surface area contributed by atoms with Crippen LogP contribution in [0.4, 0.5) is 0 Å². The predicted molar refractivity (Wildman–Crippen MR) is 73.4 cm³/mol. The highest BCUT2D eigenvalue weighted by Gasteiger charge is 2.22. The zero-order chi connectivity index (χ0) is 13.0. The van der Waals surface area contributed by atoms with E-state index in [9.17, 15) is 4.79 Å². The SMILES string of the molecule is CC(C)NC(=O)CNCc1ccc(C2CC2)cc1. The number of benzene rings is 1. The van der Waals surface area contributed by atoms with Crippen LogP contribution in [0.2, 0.25) is 0 Å². The maximum absolute atomic E-state index is 11.4. The van der Waals surface area contributed by atoms with Gasteiger partial charge in [0.15, 0.2) is 0 Å². The molecule has 0 saturated heterocycles. The maximum atomic E-state index is 11.4. The summed E-state index contributed by atoms with van der Waals surface area (Å²) >= 11 is 0. The second-order valence-corrected chi connectivity index (χ2v) is 5.34. The topological polar surface area (TPSA) is 41.1 Å². The molecule has 18 heavy (non-hydrogen) atoms. The van der Waals surface area contributed by atoms with Crippen molar-refractivity contribution in [3.8, 4) is 0 Å². The van der Waals surface area contributed by atoms with Crippen molar-refractivity contribution < 1.29 is 4.79 Å². The van der Waals surface area contributed by atoms with Crippen LogP contribution in [0.5, 0.6) is 0 Å². The van der Waals surface area contributed by atoms with E-state index in [1.54, 1.807) is 0 Å². The van der Waals surface area contributed by atoms with Gasteiger partial charge in [-0.05, 0) is 43.7 Å². The second kappa shape index (κ2) is 6.01. The standard InChI is InChI=1S/C15H22N2O/c1-11(2)17-15(18)10-16-9-12-3-5-13(6-4-12)14-7-8-14/h3-6,11,14,16H,7-10H2,1-2H3,(H,17,18). The summed E-state index contributed by atoms with van der Waals surface area (Å²) in [7, 11) is 0. The molecule has 0 heterocycles.